The molecule has 0 aromatic rings. The van der Waals surface area contributed by atoms with Gasteiger partial charge in [-0.1, -0.05) is 6.08 Å². The molecule has 1 aliphatic rings. The second-order valence-corrected chi connectivity index (χ2v) is 4.83. The topological polar surface area (TPSA) is 41.1 Å². The minimum atomic E-state index is 0.232. The normalized spacial score (nSPS) is 17.3. The SMILES string of the molecule is C=CCSCCNC(=O)C1CCNCC1. The molecule has 0 atom stereocenters. The Kier molecular flexibility index (Phi) is 6.52. The summed E-state index contributed by atoms with van der Waals surface area (Å²) in [4.78, 5) is 11.7. The molecule has 86 valence electrons. The fraction of sp³-hybridized carbons (Fsp3) is 0.727. The maximum absolute atomic E-state index is 11.7. The lowest BCUT2D eigenvalue weighted by molar-refractivity contribution is -0.125. The van der Waals surface area contributed by atoms with Crippen molar-refractivity contribution in [2.24, 2.45) is 5.92 Å². The van der Waals surface area contributed by atoms with Crippen LogP contribution in [0.25, 0.3) is 0 Å². The summed E-state index contributed by atoms with van der Waals surface area (Å²) in [5.41, 5.74) is 0. The molecule has 1 heterocycles. The zero-order chi connectivity index (χ0) is 10.9. The van der Waals surface area contributed by atoms with Gasteiger partial charge in [-0.3, -0.25) is 4.79 Å². The standard InChI is InChI=1S/C11H20N2OS/c1-2-8-15-9-7-13-11(14)10-3-5-12-6-4-10/h2,10,12H,1,3-9H2,(H,13,14). The lowest BCUT2D eigenvalue weighted by atomic mass is 9.97. The number of nitrogens with one attached hydrogen (secondary N) is 2. The Balaban J connectivity index is 2.04. The zero-order valence-corrected chi connectivity index (χ0v) is 9.94. The molecule has 0 aliphatic carbocycles. The van der Waals surface area contributed by atoms with E-state index in [4.69, 9.17) is 0 Å². The van der Waals surface area contributed by atoms with Crippen molar-refractivity contribution in [3.05, 3.63) is 12.7 Å². The Labute approximate surface area is 96.1 Å². The number of hydrogen-bond donors (Lipinski definition) is 2. The number of piperidine rings is 1. The van der Waals surface area contributed by atoms with E-state index in [0.717, 1.165) is 44.0 Å². The van der Waals surface area contributed by atoms with Crippen molar-refractivity contribution in [2.75, 3.05) is 31.1 Å². The van der Waals surface area contributed by atoms with Gasteiger partial charge in [0.05, 0.1) is 0 Å². The summed E-state index contributed by atoms with van der Waals surface area (Å²) in [7, 11) is 0. The molecule has 1 saturated heterocycles. The van der Waals surface area contributed by atoms with Gasteiger partial charge in [-0.2, -0.15) is 11.8 Å². The van der Waals surface area contributed by atoms with E-state index in [1.165, 1.54) is 0 Å². The second kappa shape index (κ2) is 7.77. The summed E-state index contributed by atoms with van der Waals surface area (Å²) in [6, 6.07) is 0. The number of amides is 1. The van der Waals surface area contributed by atoms with Crippen LogP contribution in [0.3, 0.4) is 0 Å². The van der Waals surface area contributed by atoms with Gasteiger partial charge in [0.15, 0.2) is 0 Å². The molecule has 1 fully saturated rings. The smallest absolute Gasteiger partial charge is 0.223 e. The maximum atomic E-state index is 11.7. The van der Waals surface area contributed by atoms with Crippen LogP contribution in [0.4, 0.5) is 0 Å². The van der Waals surface area contributed by atoms with Crippen molar-refractivity contribution < 1.29 is 4.79 Å². The first kappa shape index (κ1) is 12.6. The fourth-order valence-corrected chi connectivity index (χ4v) is 2.22. The molecular weight excluding hydrogens is 208 g/mol. The molecule has 0 bridgehead atoms. The van der Waals surface area contributed by atoms with Crippen LogP contribution in [0.2, 0.25) is 0 Å². The molecule has 3 nitrogen and oxygen atoms in total. The predicted molar refractivity (Wildman–Crippen MR) is 66.1 cm³/mol. The highest BCUT2D eigenvalue weighted by Crippen LogP contribution is 2.11. The first-order valence-electron chi connectivity index (χ1n) is 5.51. The molecule has 2 N–H and O–H groups in total. The molecule has 0 unspecified atom stereocenters. The molecule has 0 aromatic carbocycles. The number of rotatable bonds is 6. The minimum absolute atomic E-state index is 0.232. The van der Waals surface area contributed by atoms with Crippen molar-refractivity contribution in [1.82, 2.24) is 10.6 Å². The van der Waals surface area contributed by atoms with Gasteiger partial charge in [0, 0.05) is 24.0 Å². The van der Waals surface area contributed by atoms with E-state index in [-0.39, 0.29) is 11.8 Å². The van der Waals surface area contributed by atoms with Crippen LogP contribution in [-0.2, 0) is 4.79 Å². The van der Waals surface area contributed by atoms with E-state index >= 15 is 0 Å². The first-order valence-corrected chi connectivity index (χ1v) is 6.67. The highest BCUT2D eigenvalue weighted by molar-refractivity contribution is 7.99. The highest BCUT2D eigenvalue weighted by atomic mass is 32.2. The first-order chi connectivity index (χ1) is 7.34. The average Bonchev–Trinajstić information content (AvgIpc) is 2.30. The summed E-state index contributed by atoms with van der Waals surface area (Å²) >= 11 is 1.80. The van der Waals surface area contributed by atoms with Crippen LogP contribution in [0.1, 0.15) is 12.8 Å². The van der Waals surface area contributed by atoms with Crippen LogP contribution in [0.5, 0.6) is 0 Å². The van der Waals surface area contributed by atoms with Gasteiger partial charge in [0.25, 0.3) is 0 Å². The summed E-state index contributed by atoms with van der Waals surface area (Å²) in [5.74, 6) is 2.40. The molecule has 0 saturated carbocycles. The van der Waals surface area contributed by atoms with Crippen LogP contribution >= 0.6 is 11.8 Å². The van der Waals surface area contributed by atoms with Crippen molar-refractivity contribution in [3.8, 4) is 0 Å². The van der Waals surface area contributed by atoms with Crippen molar-refractivity contribution in [2.45, 2.75) is 12.8 Å². The quantitative estimate of drug-likeness (QED) is 0.527. The van der Waals surface area contributed by atoms with Gasteiger partial charge in [0.1, 0.15) is 0 Å². The summed E-state index contributed by atoms with van der Waals surface area (Å²) in [6.45, 7) is 6.38. The predicted octanol–water partition coefficient (Wildman–Crippen LogP) is 1.02. The van der Waals surface area contributed by atoms with Crippen molar-refractivity contribution in [3.63, 3.8) is 0 Å². The highest BCUT2D eigenvalue weighted by Gasteiger charge is 2.19. The summed E-state index contributed by atoms with van der Waals surface area (Å²) in [5, 5.41) is 6.25. The van der Waals surface area contributed by atoms with Crippen LogP contribution in [0.15, 0.2) is 12.7 Å². The Hall–Kier alpha value is -0.480. The Bertz CT molecular complexity index is 203. The Morgan fingerprint density at radius 2 is 2.27 bits per heavy atom. The Morgan fingerprint density at radius 1 is 1.53 bits per heavy atom. The molecule has 1 aliphatic heterocycles. The van der Waals surface area contributed by atoms with E-state index in [1.807, 2.05) is 6.08 Å². The lowest BCUT2D eigenvalue weighted by Gasteiger charge is -2.21. The molecule has 15 heavy (non-hydrogen) atoms. The van der Waals surface area contributed by atoms with Gasteiger partial charge in [0.2, 0.25) is 5.91 Å². The molecular formula is C11H20N2OS. The van der Waals surface area contributed by atoms with Gasteiger partial charge in [-0.05, 0) is 25.9 Å². The van der Waals surface area contributed by atoms with E-state index in [9.17, 15) is 4.79 Å². The van der Waals surface area contributed by atoms with E-state index < -0.39 is 0 Å². The number of carbonyl (C=O) groups is 1. The van der Waals surface area contributed by atoms with E-state index in [0.29, 0.717) is 0 Å². The maximum Gasteiger partial charge on any atom is 0.223 e. The zero-order valence-electron chi connectivity index (χ0n) is 9.13. The molecule has 0 aromatic heterocycles. The fourth-order valence-electron chi connectivity index (χ4n) is 1.64. The lowest BCUT2D eigenvalue weighted by Crippen LogP contribution is -2.38. The van der Waals surface area contributed by atoms with E-state index in [2.05, 4.69) is 17.2 Å². The third-order valence-corrected chi connectivity index (χ3v) is 3.46. The van der Waals surface area contributed by atoms with Crippen LogP contribution in [-0.4, -0.2) is 37.0 Å². The van der Waals surface area contributed by atoms with Gasteiger partial charge in [-0.25, -0.2) is 0 Å². The molecule has 1 rings (SSSR count). The third-order valence-electron chi connectivity index (χ3n) is 2.49. The van der Waals surface area contributed by atoms with E-state index in [1.54, 1.807) is 11.8 Å². The van der Waals surface area contributed by atoms with Crippen molar-refractivity contribution >= 4 is 17.7 Å². The van der Waals surface area contributed by atoms with Crippen LogP contribution < -0.4 is 10.6 Å². The molecule has 4 heteroatoms. The molecule has 1 amide bonds. The minimum Gasteiger partial charge on any atom is -0.355 e. The summed E-state index contributed by atoms with van der Waals surface area (Å²) in [6.07, 6.45) is 3.84. The second-order valence-electron chi connectivity index (χ2n) is 3.68. The van der Waals surface area contributed by atoms with Gasteiger partial charge < -0.3 is 10.6 Å². The number of carbonyl (C=O) groups excluding carboxylic acids is 1. The average molecular weight is 228 g/mol. The number of hydrogen-bond acceptors (Lipinski definition) is 3. The monoisotopic (exact) mass is 228 g/mol. The van der Waals surface area contributed by atoms with Crippen LogP contribution in [0, 0.1) is 5.92 Å². The van der Waals surface area contributed by atoms with Crippen molar-refractivity contribution in [1.29, 1.82) is 0 Å². The van der Waals surface area contributed by atoms with Gasteiger partial charge in [-0.15, -0.1) is 6.58 Å². The largest absolute Gasteiger partial charge is 0.355 e. The summed E-state index contributed by atoms with van der Waals surface area (Å²) < 4.78 is 0. The molecule has 0 radical (unpaired) electrons. The molecule has 0 spiro atoms. The third kappa shape index (κ3) is 5.23. The number of thioether (sulfide) groups is 1. The Morgan fingerprint density at radius 3 is 2.93 bits per heavy atom. The van der Waals surface area contributed by atoms with Gasteiger partial charge >= 0.3 is 0 Å².